The standard InChI is InChI=1S/C18H28N2O3/c1-5-8-20(6-2)18(21)13-19-9-7-14-10-16(22-3)17(23-4)11-15(14)12-19/h10-11H,5-9,12-13H2,1-4H3. The molecule has 0 aromatic heterocycles. The number of methoxy groups -OCH3 is 2. The lowest BCUT2D eigenvalue weighted by molar-refractivity contribution is -0.132. The first-order chi connectivity index (χ1) is 11.1. The van der Waals surface area contributed by atoms with Crippen molar-refractivity contribution in [2.45, 2.75) is 33.2 Å². The van der Waals surface area contributed by atoms with E-state index in [0.29, 0.717) is 6.54 Å². The molecule has 0 aliphatic carbocycles. The topological polar surface area (TPSA) is 42.0 Å². The Morgan fingerprint density at radius 3 is 2.39 bits per heavy atom. The van der Waals surface area contributed by atoms with E-state index in [1.165, 1.54) is 11.1 Å². The van der Waals surface area contributed by atoms with Crippen molar-refractivity contribution in [3.05, 3.63) is 23.3 Å². The van der Waals surface area contributed by atoms with Crippen molar-refractivity contribution in [2.24, 2.45) is 0 Å². The van der Waals surface area contributed by atoms with Crippen LogP contribution in [-0.4, -0.2) is 56.1 Å². The van der Waals surface area contributed by atoms with Gasteiger partial charge in [0.2, 0.25) is 5.91 Å². The SMILES string of the molecule is CCCN(CC)C(=O)CN1CCc2cc(OC)c(OC)cc2C1. The lowest BCUT2D eigenvalue weighted by atomic mass is 9.99. The minimum atomic E-state index is 0.221. The third-order valence-corrected chi connectivity index (χ3v) is 4.38. The van der Waals surface area contributed by atoms with Crippen molar-refractivity contribution in [3.8, 4) is 11.5 Å². The summed E-state index contributed by atoms with van der Waals surface area (Å²) in [6, 6.07) is 4.09. The Morgan fingerprint density at radius 1 is 1.17 bits per heavy atom. The third-order valence-electron chi connectivity index (χ3n) is 4.38. The van der Waals surface area contributed by atoms with Crippen LogP contribution < -0.4 is 9.47 Å². The molecule has 23 heavy (non-hydrogen) atoms. The molecule has 1 aromatic rings. The molecule has 0 atom stereocenters. The molecule has 1 aliphatic rings. The van der Waals surface area contributed by atoms with Gasteiger partial charge < -0.3 is 14.4 Å². The van der Waals surface area contributed by atoms with E-state index in [9.17, 15) is 4.79 Å². The Hall–Kier alpha value is -1.75. The summed E-state index contributed by atoms with van der Waals surface area (Å²) in [7, 11) is 3.31. The first kappa shape index (κ1) is 17.6. The Balaban J connectivity index is 2.06. The number of hydrogen-bond donors (Lipinski definition) is 0. The first-order valence-electron chi connectivity index (χ1n) is 8.36. The number of ether oxygens (including phenoxy) is 2. The molecule has 0 bridgehead atoms. The zero-order valence-corrected chi connectivity index (χ0v) is 14.7. The normalized spacial score (nSPS) is 14.3. The van der Waals surface area contributed by atoms with Gasteiger partial charge in [-0.1, -0.05) is 6.92 Å². The summed E-state index contributed by atoms with van der Waals surface area (Å²) < 4.78 is 10.8. The van der Waals surface area contributed by atoms with Gasteiger partial charge in [0.15, 0.2) is 11.5 Å². The predicted octanol–water partition coefficient (Wildman–Crippen LogP) is 2.32. The zero-order chi connectivity index (χ0) is 16.8. The Kier molecular flexibility index (Phi) is 6.28. The summed E-state index contributed by atoms with van der Waals surface area (Å²) in [5.74, 6) is 1.75. The van der Waals surface area contributed by atoms with E-state index in [-0.39, 0.29) is 5.91 Å². The molecule has 0 saturated carbocycles. The minimum Gasteiger partial charge on any atom is -0.493 e. The molecule has 1 amide bonds. The molecule has 2 rings (SSSR count). The third kappa shape index (κ3) is 4.16. The highest BCUT2D eigenvalue weighted by molar-refractivity contribution is 5.78. The van der Waals surface area contributed by atoms with Crippen LogP contribution >= 0.6 is 0 Å². The number of fused-ring (bicyclic) bond motifs is 1. The van der Waals surface area contributed by atoms with Crippen molar-refractivity contribution in [3.63, 3.8) is 0 Å². The monoisotopic (exact) mass is 320 g/mol. The van der Waals surface area contributed by atoms with Gasteiger partial charge in [0.25, 0.3) is 0 Å². The van der Waals surface area contributed by atoms with Crippen molar-refractivity contribution >= 4 is 5.91 Å². The molecule has 1 aromatic carbocycles. The number of likely N-dealkylation sites (N-methyl/N-ethyl adjacent to an activating group) is 1. The van der Waals surface area contributed by atoms with Crippen LogP contribution in [0.3, 0.4) is 0 Å². The molecule has 0 unspecified atom stereocenters. The fraction of sp³-hybridized carbons (Fsp3) is 0.611. The minimum absolute atomic E-state index is 0.221. The van der Waals surface area contributed by atoms with Crippen molar-refractivity contribution < 1.29 is 14.3 Å². The van der Waals surface area contributed by atoms with Crippen LogP contribution in [0.1, 0.15) is 31.4 Å². The number of carbonyl (C=O) groups excluding carboxylic acids is 1. The van der Waals surface area contributed by atoms with Gasteiger partial charge in [-0.05, 0) is 43.0 Å². The highest BCUT2D eigenvalue weighted by Gasteiger charge is 2.22. The smallest absolute Gasteiger partial charge is 0.236 e. The molecule has 0 radical (unpaired) electrons. The van der Waals surface area contributed by atoms with E-state index in [1.807, 2.05) is 17.9 Å². The van der Waals surface area contributed by atoms with Gasteiger partial charge in [-0.2, -0.15) is 0 Å². The van der Waals surface area contributed by atoms with E-state index in [2.05, 4.69) is 17.9 Å². The van der Waals surface area contributed by atoms with Gasteiger partial charge in [0.05, 0.1) is 20.8 Å². The van der Waals surface area contributed by atoms with Crippen LogP contribution in [0.2, 0.25) is 0 Å². The van der Waals surface area contributed by atoms with E-state index in [0.717, 1.165) is 50.5 Å². The molecule has 5 nitrogen and oxygen atoms in total. The highest BCUT2D eigenvalue weighted by atomic mass is 16.5. The fourth-order valence-corrected chi connectivity index (χ4v) is 3.10. The van der Waals surface area contributed by atoms with Crippen LogP contribution in [0.5, 0.6) is 11.5 Å². The van der Waals surface area contributed by atoms with Gasteiger partial charge in [-0.15, -0.1) is 0 Å². The van der Waals surface area contributed by atoms with Gasteiger partial charge in [-0.25, -0.2) is 0 Å². The van der Waals surface area contributed by atoms with Crippen LogP contribution in [0.4, 0.5) is 0 Å². The maximum atomic E-state index is 12.4. The van der Waals surface area contributed by atoms with Crippen LogP contribution in [0.25, 0.3) is 0 Å². The average molecular weight is 320 g/mol. The van der Waals surface area contributed by atoms with Gasteiger partial charge in [0, 0.05) is 26.2 Å². The second-order valence-electron chi connectivity index (χ2n) is 5.91. The number of carbonyl (C=O) groups is 1. The predicted molar refractivity (Wildman–Crippen MR) is 91.1 cm³/mol. The first-order valence-corrected chi connectivity index (χ1v) is 8.36. The average Bonchev–Trinajstić information content (AvgIpc) is 2.58. The number of rotatable bonds is 7. The van der Waals surface area contributed by atoms with Crippen LogP contribution in [0, 0.1) is 0 Å². The van der Waals surface area contributed by atoms with Crippen LogP contribution in [-0.2, 0) is 17.8 Å². The molecule has 128 valence electrons. The molecule has 0 saturated heterocycles. The Labute approximate surface area is 139 Å². The number of hydrogen-bond acceptors (Lipinski definition) is 4. The molecule has 1 aliphatic heterocycles. The maximum Gasteiger partial charge on any atom is 0.236 e. The number of nitrogens with zero attached hydrogens (tertiary/aromatic N) is 2. The lowest BCUT2D eigenvalue weighted by Gasteiger charge is -2.31. The second-order valence-corrected chi connectivity index (χ2v) is 5.91. The summed E-state index contributed by atoms with van der Waals surface area (Å²) in [5.41, 5.74) is 2.51. The molecular weight excluding hydrogens is 292 g/mol. The second kappa shape index (κ2) is 8.20. The molecule has 5 heteroatoms. The summed E-state index contributed by atoms with van der Waals surface area (Å²) in [6.45, 7) is 7.93. The van der Waals surface area contributed by atoms with Crippen molar-refractivity contribution in [1.29, 1.82) is 0 Å². The van der Waals surface area contributed by atoms with E-state index in [4.69, 9.17) is 9.47 Å². The van der Waals surface area contributed by atoms with Gasteiger partial charge in [0.1, 0.15) is 0 Å². The van der Waals surface area contributed by atoms with Crippen molar-refractivity contribution in [1.82, 2.24) is 9.80 Å². The van der Waals surface area contributed by atoms with E-state index >= 15 is 0 Å². The molecule has 0 spiro atoms. The van der Waals surface area contributed by atoms with Crippen molar-refractivity contribution in [2.75, 3.05) is 40.4 Å². The molecule has 0 N–H and O–H groups in total. The maximum absolute atomic E-state index is 12.4. The van der Waals surface area contributed by atoms with Crippen LogP contribution in [0.15, 0.2) is 12.1 Å². The summed E-state index contributed by atoms with van der Waals surface area (Å²) in [4.78, 5) is 16.6. The van der Waals surface area contributed by atoms with E-state index < -0.39 is 0 Å². The number of amides is 1. The van der Waals surface area contributed by atoms with E-state index in [1.54, 1.807) is 14.2 Å². The quantitative estimate of drug-likeness (QED) is 0.773. The zero-order valence-electron chi connectivity index (χ0n) is 14.7. The van der Waals surface area contributed by atoms with Gasteiger partial charge >= 0.3 is 0 Å². The fourth-order valence-electron chi connectivity index (χ4n) is 3.10. The summed E-state index contributed by atoms with van der Waals surface area (Å²) in [5, 5.41) is 0. The Morgan fingerprint density at radius 2 is 1.83 bits per heavy atom. The van der Waals surface area contributed by atoms with Gasteiger partial charge in [-0.3, -0.25) is 9.69 Å². The molecule has 1 heterocycles. The number of benzene rings is 1. The summed E-state index contributed by atoms with van der Waals surface area (Å²) >= 11 is 0. The Bertz CT molecular complexity index is 545. The largest absolute Gasteiger partial charge is 0.493 e. The molecular formula is C18H28N2O3. The lowest BCUT2D eigenvalue weighted by Crippen LogP contribution is -2.42. The highest BCUT2D eigenvalue weighted by Crippen LogP contribution is 2.33. The molecule has 0 fully saturated rings. The summed E-state index contributed by atoms with van der Waals surface area (Å²) in [6.07, 6.45) is 1.93.